The van der Waals surface area contributed by atoms with Gasteiger partial charge in [-0.15, -0.1) is 0 Å². The number of sulfone groups is 1. The van der Waals surface area contributed by atoms with E-state index in [0.717, 1.165) is 22.4 Å². The van der Waals surface area contributed by atoms with Crippen molar-refractivity contribution in [1.29, 1.82) is 0 Å². The Morgan fingerprint density at radius 1 is 1.16 bits per heavy atom. The molecule has 2 aromatic carbocycles. The molecule has 6 nitrogen and oxygen atoms in total. The Labute approximate surface area is 183 Å². The molecule has 2 fully saturated rings. The van der Waals surface area contributed by atoms with E-state index in [4.69, 9.17) is 9.47 Å². The van der Waals surface area contributed by atoms with E-state index in [9.17, 15) is 13.2 Å². The van der Waals surface area contributed by atoms with Crippen LogP contribution >= 0.6 is 0 Å². The number of benzene rings is 2. The number of rotatable bonds is 6. The third-order valence-electron chi connectivity index (χ3n) is 6.39. The van der Waals surface area contributed by atoms with Gasteiger partial charge in [0, 0.05) is 24.8 Å². The zero-order valence-corrected chi connectivity index (χ0v) is 18.6. The van der Waals surface area contributed by atoms with Gasteiger partial charge < -0.3 is 14.8 Å². The Hall–Kier alpha value is -2.38. The smallest absolute Gasteiger partial charge is 0.226 e. The summed E-state index contributed by atoms with van der Waals surface area (Å²) in [5.74, 6) is 0.935. The van der Waals surface area contributed by atoms with Crippen LogP contribution in [-0.4, -0.2) is 52.2 Å². The molecule has 2 saturated heterocycles. The summed E-state index contributed by atoms with van der Waals surface area (Å²) in [6.45, 7) is 1.06. The molecule has 0 radical (unpaired) electrons. The van der Waals surface area contributed by atoms with Crippen molar-refractivity contribution in [2.45, 2.75) is 31.7 Å². The highest BCUT2D eigenvalue weighted by atomic mass is 32.2. The average molecular weight is 444 g/mol. The topological polar surface area (TPSA) is 81.7 Å². The standard InChI is InChI=1S/C24H29NO5S/c1-29-22-8-3-2-7-21(22)19-6-4-5-18(15-19)16-24(10-12-30-13-11-24)23(26)25-20-9-14-31(27,28)17-20/h2-8,15,20H,9-14,16-17H2,1H3,(H,25,26)/t20-/m0/s1. The van der Waals surface area contributed by atoms with Crippen LogP contribution in [0.25, 0.3) is 11.1 Å². The number of nitrogens with one attached hydrogen (secondary N) is 1. The molecule has 0 bridgehead atoms. The Morgan fingerprint density at radius 2 is 1.94 bits per heavy atom. The van der Waals surface area contributed by atoms with Crippen molar-refractivity contribution < 1.29 is 22.7 Å². The molecule has 2 aliphatic rings. The number of amides is 1. The molecule has 7 heteroatoms. The molecule has 0 saturated carbocycles. The third kappa shape index (κ3) is 4.93. The second-order valence-corrected chi connectivity index (χ2v) is 10.8. The summed E-state index contributed by atoms with van der Waals surface area (Å²) in [5, 5.41) is 3.04. The fraction of sp³-hybridized carbons (Fsp3) is 0.458. The maximum atomic E-state index is 13.4. The molecule has 2 aliphatic heterocycles. The van der Waals surface area contributed by atoms with Crippen molar-refractivity contribution in [1.82, 2.24) is 5.32 Å². The lowest BCUT2D eigenvalue weighted by Crippen LogP contribution is -2.49. The van der Waals surface area contributed by atoms with E-state index in [0.29, 0.717) is 38.9 Å². The fourth-order valence-electron chi connectivity index (χ4n) is 4.62. The lowest BCUT2D eigenvalue weighted by atomic mass is 9.74. The van der Waals surface area contributed by atoms with Crippen LogP contribution in [0.1, 0.15) is 24.8 Å². The van der Waals surface area contributed by atoms with Crippen molar-refractivity contribution in [3.63, 3.8) is 0 Å². The highest BCUT2D eigenvalue weighted by Crippen LogP contribution is 2.37. The molecule has 31 heavy (non-hydrogen) atoms. The zero-order chi connectivity index (χ0) is 21.9. The lowest BCUT2D eigenvalue weighted by Gasteiger charge is -2.37. The largest absolute Gasteiger partial charge is 0.496 e. The van der Waals surface area contributed by atoms with E-state index in [-0.39, 0.29) is 23.5 Å². The molecule has 1 N–H and O–H groups in total. The predicted molar refractivity (Wildman–Crippen MR) is 120 cm³/mol. The van der Waals surface area contributed by atoms with Crippen LogP contribution in [0, 0.1) is 5.41 Å². The van der Waals surface area contributed by atoms with Gasteiger partial charge in [0.15, 0.2) is 9.84 Å². The number of ether oxygens (including phenoxy) is 2. The van der Waals surface area contributed by atoms with E-state index in [1.165, 1.54) is 0 Å². The first kappa shape index (κ1) is 21.8. The van der Waals surface area contributed by atoms with Crippen LogP contribution in [-0.2, 0) is 25.8 Å². The summed E-state index contributed by atoms with van der Waals surface area (Å²) in [7, 11) is -1.38. The van der Waals surface area contributed by atoms with Crippen LogP contribution in [0.5, 0.6) is 5.75 Å². The summed E-state index contributed by atoms with van der Waals surface area (Å²) < 4.78 is 34.7. The summed E-state index contributed by atoms with van der Waals surface area (Å²) in [5.41, 5.74) is 2.52. The van der Waals surface area contributed by atoms with E-state index in [1.54, 1.807) is 7.11 Å². The van der Waals surface area contributed by atoms with Gasteiger partial charge in [-0.1, -0.05) is 42.5 Å². The molecule has 2 aromatic rings. The second-order valence-electron chi connectivity index (χ2n) is 8.54. The minimum Gasteiger partial charge on any atom is -0.496 e. The zero-order valence-electron chi connectivity index (χ0n) is 17.8. The average Bonchev–Trinajstić information content (AvgIpc) is 3.12. The lowest BCUT2D eigenvalue weighted by molar-refractivity contribution is -0.137. The molecule has 0 aromatic heterocycles. The van der Waals surface area contributed by atoms with Crippen molar-refractivity contribution in [2.75, 3.05) is 31.8 Å². The van der Waals surface area contributed by atoms with Crippen LogP contribution in [0.15, 0.2) is 48.5 Å². The Balaban J connectivity index is 1.57. The molecule has 0 aliphatic carbocycles. The molecule has 4 rings (SSSR count). The number of carbonyl (C=O) groups excluding carboxylic acids is 1. The first-order chi connectivity index (χ1) is 14.9. The first-order valence-electron chi connectivity index (χ1n) is 10.7. The van der Waals surface area contributed by atoms with Gasteiger partial charge in [0.25, 0.3) is 0 Å². The molecular formula is C24H29NO5S. The van der Waals surface area contributed by atoms with Crippen LogP contribution in [0.3, 0.4) is 0 Å². The van der Waals surface area contributed by atoms with Crippen molar-refractivity contribution in [2.24, 2.45) is 5.41 Å². The van der Waals surface area contributed by atoms with Gasteiger partial charge in [-0.3, -0.25) is 4.79 Å². The van der Waals surface area contributed by atoms with E-state index in [1.807, 2.05) is 42.5 Å². The maximum Gasteiger partial charge on any atom is 0.226 e. The predicted octanol–water partition coefficient (Wildman–Crippen LogP) is 3.00. The number of hydrogen-bond acceptors (Lipinski definition) is 5. The maximum absolute atomic E-state index is 13.4. The molecule has 0 unspecified atom stereocenters. The van der Waals surface area contributed by atoms with E-state index >= 15 is 0 Å². The first-order valence-corrected chi connectivity index (χ1v) is 12.5. The van der Waals surface area contributed by atoms with Gasteiger partial charge in [-0.25, -0.2) is 8.42 Å². The minimum atomic E-state index is -3.04. The molecule has 1 amide bonds. The monoisotopic (exact) mass is 443 g/mol. The Kier molecular flexibility index (Phi) is 6.34. The van der Waals surface area contributed by atoms with Crippen LogP contribution in [0.2, 0.25) is 0 Å². The number of methoxy groups -OCH3 is 1. The van der Waals surface area contributed by atoms with Crippen LogP contribution in [0.4, 0.5) is 0 Å². The van der Waals surface area contributed by atoms with Gasteiger partial charge in [0.05, 0.1) is 24.0 Å². The molecule has 166 valence electrons. The summed E-state index contributed by atoms with van der Waals surface area (Å²) in [4.78, 5) is 13.4. The molecular weight excluding hydrogens is 414 g/mol. The highest BCUT2D eigenvalue weighted by molar-refractivity contribution is 7.91. The van der Waals surface area contributed by atoms with Crippen molar-refractivity contribution >= 4 is 15.7 Å². The quantitative estimate of drug-likeness (QED) is 0.742. The second kappa shape index (κ2) is 9.01. The Bertz CT molecular complexity index is 1040. The number of para-hydroxylation sites is 1. The van der Waals surface area contributed by atoms with Gasteiger partial charge in [-0.05, 0) is 42.9 Å². The summed E-state index contributed by atoms with van der Waals surface area (Å²) >= 11 is 0. The van der Waals surface area contributed by atoms with Gasteiger partial charge in [0.1, 0.15) is 5.75 Å². The van der Waals surface area contributed by atoms with E-state index < -0.39 is 15.3 Å². The molecule has 1 atom stereocenters. The number of hydrogen-bond donors (Lipinski definition) is 1. The Morgan fingerprint density at radius 3 is 2.65 bits per heavy atom. The highest BCUT2D eigenvalue weighted by Gasteiger charge is 2.42. The van der Waals surface area contributed by atoms with Crippen molar-refractivity contribution in [3.05, 3.63) is 54.1 Å². The SMILES string of the molecule is COc1ccccc1-c1cccc(CC2(C(=O)N[C@H]3CCS(=O)(=O)C3)CCOCC2)c1. The van der Waals surface area contributed by atoms with Crippen molar-refractivity contribution in [3.8, 4) is 16.9 Å². The van der Waals surface area contributed by atoms with Gasteiger partial charge in [-0.2, -0.15) is 0 Å². The normalized spacial score (nSPS) is 22.0. The minimum absolute atomic E-state index is 0.0363. The number of carbonyl (C=O) groups is 1. The van der Waals surface area contributed by atoms with Gasteiger partial charge in [0.2, 0.25) is 5.91 Å². The van der Waals surface area contributed by atoms with E-state index in [2.05, 4.69) is 11.4 Å². The van der Waals surface area contributed by atoms with Gasteiger partial charge >= 0.3 is 0 Å². The molecule has 0 spiro atoms. The summed E-state index contributed by atoms with van der Waals surface area (Å²) in [6, 6.07) is 15.8. The molecule has 2 heterocycles. The third-order valence-corrected chi connectivity index (χ3v) is 8.15. The van der Waals surface area contributed by atoms with Crippen LogP contribution < -0.4 is 10.1 Å². The fourth-order valence-corrected chi connectivity index (χ4v) is 6.29. The summed E-state index contributed by atoms with van der Waals surface area (Å²) in [6.07, 6.45) is 2.32.